The van der Waals surface area contributed by atoms with Crippen molar-refractivity contribution in [2.24, 2.45) is 17.8 Å². The van der Waals surface area contributed by atoms with Crippen LogP contribution in [0.2, 0.25) is 18.1 Å². The number of allylic oxidation sites excluding steroid dienone is 1. The smallest absolute Gasteiger partial charge is 0.311 e. The molecule has 0 spiro atoms. The quantitative estimate of drug-likeness (QED) is 0.286. The highest BCUT2D eigenvalue weighted by molar-refractivity contribution is 6.74. The van der Waals surface area contributed by atoms with Crippen LogP contribution in [0.5, 0.6) is 0 Å². The zero-order chi connectivity index (χ0) is 21.9. The minimum absolute atomic E-state index is 0.0940. The Morgan fingerprint density at radius 2 is 2.03 bits per heavy atom. The number of esters is 1. The molecule has 3 rings (SSSR count). The first-order chi connectivity index (χ1) is 14.1. The lowest BCUT2D eigenvalue weighted by Gasteiger charge is -2.36. The molecule has 2 fully saturated rings. The molecule has 30 heavy (non-hydrogen) atoms. The van der Waals surface area contributed by atoms with Gasteiger partial charge in [0, 0.05) is 13.2 Å². The first-order valence-corrected chi connectivity index (χ1v) is 14.8. The number of hydrogen-bond donors (Lipinski definition) is 0. The highest BCUT2D eigenvalue weighted by atomic mass is 28.4. The van der Waals surface area contributed by atoms with Crippen molar-refractivity contribution in [3.63, 3.8) is 0 Å². The summed E-state index contributed by atoms with van der Waals surface area (Å²) in [7, 11) is -1.72. The average molecular weight is 439 g/mol. The Balaban J connectivity index is 1.59. The van der Waals surface area contributed by atoms with E-state index in [4.69, 9.17) is 18.6 Å². The van der Waals surface area contributed by atoms with Gasteiger partial charge in [0.25, 0.3) is 0 Å². The first kappa shape index (κ1) is 24.0. The van der Waals surface area contributed by atoms with Gasteiger partial charge >= 0.3 is 5.97 Å². The normalized spacial score (nSPS) is 32.1. The Morgan fingerprint density at radius 3 is 2.67 bits per heavy atom. The lowest BCUT2D eigenvalue weighted by Crippen LogP contribution is -2.41. The van der Waals surface area contributed by atoms with Crippen LogP contribution in [0.3, 0.4) is 0 Å². The minimum Gasteiger partial charge on any atom is -0.466 e. The molecule has 2 aliphatic carbocycles. The standard InChI is InChI=1S/C24H42O5Si/c1-7-26-23(25)22-19-15-17(11-13-28-30(5,6)24(2,3)4)14-18(19)16-20(22)29-21-10-8-9-12-27-21/h14,18-22H,7-13,15-16H2,1-6H3/t18-,19-,20-,21?,22-/m1/s1. The molecule has 0 radical (unpaired) electrons. The molecular weight excluding hydrogens is 396 g/mol. The molecule has 5 nitrogen and oxygen atoms in total. The fraction of sp³-hybridized carbons (Fsp3) is 0.875. The molecule has 0 N–H and O–H groups in total. The van der Waals surface area contributed by atoms with Crippen molar-refractivity contribution in [2.75, 3.05) is 19.8 Å². The molecule has 0 aromatic carbocycles. The van der Waals surface area contributed by atoms with Crippen LogP contribution in [0.1, 0.15) is 66.2 Å². The van der Waals surface area contributed by atoms with Crippen molar-refractivity contribution >= 4 is 14.3 Å². The van der Waals surface area contributed by atoms with Crippen molar-refractivity contribution in [3.05, 3.63) is 11.6 Å². The number of carbonyl (C=O) groups is 1. The van der Waals surface area contributed by atoms with Crippen molar-refractivity contribution in [3.8, 4) is 0 Å². The predicted molar refractivity (Wildman–Crippen MR) is 121 cm³/mol. The van der Waals surface area contributed by atoms with E-state index < -0.39 is 8.32 Å². The molecule has 1 saturated heterocycles. The Morgan fingerprint density at radius 1 is 1.27 bits per heavy atom. The van der Waals surface area contributed by atoms with Gasteiger partial charge in [-0.25, -0.2) is 0 Å². The Labute approximate surface area is 184 Å². The van der Waals surface area contributed by atoms with Crippen molar-refractivity contribution < 1.29 is 23.4 Å². The maximum absolute atomic E-state index is 12.8. The van der Waals surface area contributed by atoms with Gasteiger partial charge in [0.15, 0.2) is 14.6 Å². The van der Waals surface area contributed by atoms with Crippen LogP contribution in [-0.2, 0) is 23.4 Å². The molecule has 1 aliphatic heterocycles. The molecule has 6 heteroatoms. The van der Waals surface area contributed by atoms with Crippen LogP contribution >= 0.6 is 0 Å². The molecule has 0 aromatic heterocycles. The summed E-state index contributed by atoms with van der Waals surface area (Å²) in [6.07, 6.45) is 8.11. The van der Waals surface area contributed by atoms with E-state index in [1.54, 1.807) is 0 Å². The molecular formula is C24H42O5Si. The molecule has 172 valence electrons. The van der Waals surface area contributed by atoms with Crippen LogP contribution in [0.25, 0.3) is 0 Å². The van der Waals surface area contributed by atoms with Gasteiger partial charge in [0.1, 0.15) is 0 Å². The Kier molecular flexibility index (Phi) is 7.86. The molecule has 0 bridgehead atoms. The number of hydrogen-bond acceptors (Lipinski definition) is 5. The fourth-order valence-electron chi connectivity index (χ4n) is 4.83. The van der Waals surface area contributed by atoms with Crippen LogP contribution in [0.4, 0.5) is 0 Å². The zero-order valence-electron chi connectivity index (χ0n) is 19.9. The Hall–Kier alpha value is -0.693. The minimum atomic E-state index is -1.72. The van der Waals surface area contributed by atoms with E-state index in [9.17, 15) is 4.79 Å². The third-order valence-electron chi connectivity index (χ3n) is 7.58. The first-order valence-electron chi connectivity index (χ1n) is 11.9. The van der Waals surface area contributed by atoms with Gasteiger partial charge in [0.05, 0.1) is 18.6 Å². The highest BCUT2D eigenvalue weighted by Gasteiger charge is 2.51. The third kappa shape index (κ3) is 5.56. The molecule has 1 saturated carbocycles. The molecule has 0 aromatic rings. The zero-order valence-corrected chi connectivity index (χ0v) is 20.9. The van der Waals surface area contributed by atoms with Gasteiger partial charge in [-0.2, -0.15) is 0 Å². The largest absolute Gasteiger partial charge is 0.466 e. The number of ether oxygens (including phenoxy) is 3. The van der Waals surface area contributed by atoms with E-state index in [-0.39, 0.29) is 29.3 Å². The monoisotopic (exact) mass is 438 g/mol. The van der Waals surface area contributed by atoms with E-state index >= 15 is 0 Å². The summed E-state index contributed by atoms with van der Waals surface area (Å²) >= 11 is 0. The molecule has 0 amide bonds. The van der Waals surface area contributed by atoms with E-state index in [2.05, 4.69) is 39.9 Å². The molecule has 1 unspecified atom stereocenters. The second-order valence-electron chi connectivity index (χ2n) is 10.7. The van der Waals surface area contributed by atoms with Gasteiger partial charge in [-0.3, -0.25) is 4.79 Å². The van der Waals surface area contributed by atoms with Crippen LogP contribution < -0.4 is 0 Å². The summed E-state index contributed by atoms with van der Waals surface area (Å²) in [4.78, 5) is 12.8. The summed E-state index contributed by atoms with van der Waals surface area (Å²) in [5.74, 6) is 0.407. The molecule has 3 aliphatic rings. The summed E-state index contributed by atoms with van der Waals surface area (Å²) < 4.78 is 23.9. The maximum atomic E-state index is 12.8. The predicted octanol–water partition coefficient (Wildman–Crippen LogP) is 5.46. The van der Waals surface area contributed by atoms with Gasteiger partial charge in [-0.15, -0.1) is 0 Å². The van der Waals surface area contributed by atoms with Crippen LogP contribution in [-0.4, -0.2) is 46.5 Å². The van der Waals surface area contributed by atoms with Crippen LogP contribution in [0.15, 0.2) is 11.6 Å². The van der Waals surface area contributed by atoms with E-state index in [1.807, 2.05) is 6.92 Å². The number of fused-ring (bicyclic) bond motifs is 1. The topological polar surface area (TPSA) is 54.0 Å². The summed E-state index contributed by atoms with van der Waals surface area (Å²) in [5, 5.41) is 0.230. The van der Waals surface area contributed by atoms with Gasteiger partial charge in [-0.05, 0) is 75.4 Å². The summed E-state index contributed by atoms with van der Waals surface area (Å²) in [6, 6.07) is 0. The molecule has 5 atom stereocenters. The van der Waals surface area contributed by atoms with Crippen molar-refractivity contribution in [1.29, 1.82) is 0 Å². The number of carbonyl (C=O) groups excluding carboxylic acids is 1. The lowest BCUT2D eigenvalue weighted by molar-refractivity contribution is -0.201. The van der Waals surface area contributed by atoms with Crippen molar-refractivity contribution in [2.45, 2.75) is 96.7 Å². The average Bonchev–Trinajstić information content (AvgIpc) is 3.18. The maximum Gasteiger partial charge on any atom is 0.311 e. The van der Waals surface area contributed by atoms with E-state index in [0.29, 0.717) is 18.4 Å². The van der Waals surface area contributed by atoms with E-state index in [0.717, 1.165) is 51.7 Å². The highest BCUT2D eigenvalue weighted by Crippen LogP contribution is 2.49. The molecule has 1 heterocycles. The fourth-order valence-corrected chi connectivity index (χ4v) is 5.88. The van der Waals surface area contributed by atoms with Gasteiger partial charge in [-0.1, -0.05) is 32.4 Å². The number of rotatable bonds is 8. The third-order valence-corrected chi connectivity index (χ3v) is 12.1. The lowest BCUT2D eigenvalue weighted by atomic mass is 9.89. The second-order valence-corrected chi connectivity index (χ2v) is 15.5. The Bertz CT molecular complexity index is 618. The van der Waals surface area contributed by atoms with Gasteiger partial charge < -0.3 is 18.6 Å². The summed E-state index contributed by atoms with van der Waals surface area (Å²) in [5.41, 5.74) is 1.44. The van der Waals surface area contributed by atoms with Crippen LogP contribution in [0, 0.1) is 17.8 Å². The van der Waals surface area contributed by atoms with E-state index in [1.165, 1.54) is 5.57 Å². The second kappa shape index (κ2) is 9.84. The van der Waals surface area contributed by atoms with Crippen molar-refractivity contribution in [1.82, 2.24) is 0 Å². The van der Waals surface area contributed by atoms with Gasteiger partial charge in [0.2, 0.25) is 0 Å². The summed E-state index contributed by atoms with van der Waals surface area (Å²) in [6.45, 7) is 15.3. The SMILES string of the molecule is CCOC(=O)[C@@H]1[C@@H]2CC(CCO[Si](C)(C)C(C)(C)C)=C[C@@H]2C[C@H]1OC1CCCCO1.